The van der Waals surface area contributed by atoms with E-state index in [1.807, 2.05) is 61.6 Å². The number of hydrogen-bond donors (Lipinski definition) is 2. The molecule has 2 aromatic rings. The lowest BCUT2D eigenvalue weighted by Gasteiger charge is -2.34. The first-order valence-electron chi connectivity index (χ1n) is 10.2. The standard InChI is InChI=1S/C23H30N4O2/c1-18(28)26-20-10-8-19(9-11-20)12-15-25-23(24-2)27-16-13-22(14-17-27)29-21-6-4-3-5-7-21/h3-11,22H,12-17H2,1-2H3,(H,24,25)(H,26,28). The number of piperidine rings is 1. The highest BCUT2D eigenvalue weighted by Crippen LogP contribution is 2.18. The van der Waals surface area contributed by atoms with Crippen molar-refractivity contribution in [3.05, 3.63) is 60.2 Å². The third kappa shape index (κ3) is 6.52. The normalized spacial score (nSPS) is 15.1. The van der Waals surface area contributed by atoms with Crippen molar-refractivity contribution in [1.82, 2.24) is 10.2 Å². The molecule has 6 heteroatoms. The van der Waals surface area contributed by atoms with Crippen LogP contribution in [0.5, 0.6) is 5.75 Å². The zero-order valence-corrected chi connectivity index (χ0v) is 17.2. The first-order valence-corrected chi connectivity index (χ1v) is 10.2. The van der Waals surface area contributed by atoms with Crippen molar-refractivity contribution in [2.75, 3.05) is 32.0 Å². The Hall–Kier alpha value is -3.02. The number of carbonyl (C=O) groups excluding carboxylic acids is 1. The van der Waals surface area contributed by atoms with E-state index < -0.39 is 0 Å². The van der Waals surface area contributed by atoms with Crippen LogP contribution in [0.25, 0.3) is 0 Å². The van der Waals surface area contributed by atoms with E-state index in [4.69, 9.17) is 4.74 Å². The number of benzene rings is 2. The molecule has 0 unspecified atom stereocenters. The summed E-state index contributed by atoms with van der Waals surface area (Å²) in [6.45, 7) is 4.19. The summed E-state index contributed by atoms with van der Waals surface area (Å²) in [5.74, 6) is 1.83. The number of aliphatic imine (C=N–C) groups is 1. The highest BCUT2D eigenvalue weighted by atomic mass is 16.5. The number of anilines is 1. The van der Waals surface area contributed by atoms with Crippen LogP contribution in [0.1, 0.15) is 25.3 Å². The van der Waals surface area contributed by atoms with E-state index >= 15 is 0 Å². The van der Waals surface area contributed by atoms with E-state index in [1.165, 1.54) is 12.5 Å². The molecule has 0 atom stereocenters. The predicted molar refractivity (Wildman–Crippen MR) is 117 cm³/mol. The van der Waals surface area contributed by atoms with Crippen LogP contribution in [0.2, 0.25) is 0 Å². The van der Waals surface area contributed by atoms with E-state index in [9.17, 15) is 4.79 Å². The SMILES string of the molecule is CN=C(NCCc1ccc(NC(C)=O)cc1)N1CCC(Oc2ccccc2)CC1. The molecule has 0 saturated carbocycles. The number of amides is 1. The number of para-hydroxylation sites is 1. The lowest BCUT2D eigenvalue weighted by atomic mass is 10.1. The molecule has 2 aromatic carbocycles. The van der Waals surface area contributed by atoms with Gasteiger partial charge in [-0.25, -0.2) is 0 Å². The Bertz CT molecular complexity index is 797. The maximum atomic E-state index is 11.1. The number of hydrogen-bond acceptors (Lipinski definition) is 3. The van der Waals surface area contributed by atoms with Crippen LogP contribution in [-0.2, 0) is 11.2 Å². The van der Waals surface area contributed by atoms with E-state index in [-0.39, 0.29) is 12.0 Å². The topological polar surface area (TPSA) is 66.0 Å². The molecule has 2 N–H and O–H groups in total. The summed E-state index contributed by atoms with van der Waals surface area (Å²) in [6, 6.07) is 18.0. The van der Waals surface area contributed by atoms with Gasteiger partial charge in [-0.1, -0.05) is 30.3 Å². The maximum Gasteiger partial charge on any atom is 0.221 e. The monoisotopic (exact) mass is 394 g/mol. The van der Waals surface area contributed by atoms with Crippen LogP contribution in [-0.4, -0.2) is 49.6 Å². The Morgan fingerprint density at radius 3 is 2.41 bits per heavy atom. The molecule has 0 bridgehead atoms. The highest BCUT2D eigenvalue weighted by molar-refractivity contribution is 5.88. The second kappa shape index (κ2) is 10.5. The first kappa shape index (κ1) is 20.7. The Balaban J connectivity index is 1.41. The van der Waals surface area contributed by atoms with Crippen molar-refractivity contribution >= 4 is 17.6 Å². The maximum absolute atomic E-state index is 11.1. The molecule has 0 aliphatic carbocycles. The van der Waals surface area contributed by atoms with Gasteiger partial charge in [0.15, 0.2) is 5.96 Å². The van der Waals surface area contributed by atoms with Crippen molar-refractivity contribution < 1.29 is 9.53 Å². The van der Waals surface area contributed by atoms with E-state index in [1.54, 1.807) is 0 Å². The smallest absolute Gasteiger partial charge is 0.221 e. The van der Waals surface area contributed by atoms with Gasteiger partial charge >= 0.3 is 0 Å². The molecule has 154 valence electrons. The Kier molecular flexibility index (Phi) is 7.50. The quantitative estimate of drug-likeness (QED) is 0.583. The first-order chi connectivity index (χ1) is 14.1. The van der Waals surface area contributed by atoms with Crippen LogP contribution in [0.3, 0.4) is 0 Å². The number of carbonyl (C=O) groups is 1. The fourth-order valence-corrected chi connectivity index (χ4v) is 3.49. The van der Waals surface area contributed by atoms with Crippen molar-refractivity contribution in [2.45, 2.75) is 32.3 Å². The van der Waals surface area contributed by atoms with Crippen molar-refractivity contribution in [3.63, 3.8) is 0 Å². The van der Waals surface area contributed by atoms with Crippen LogP contribution in [0.4, 0.5) is 5.69 Å². The van der Waals surface area contributed by atoms with Gasteiger partial charge in [0.2, 0.25) is 5.91 Å². The summed E-state index contributed by atoms with van der Waals surface area (Å²) in [5, 5.41) is 6.25. The predicted octanol–water partition coefficient (Wildman–Crippen LogP) is 3.31. The Morgan fingerprint density at radius 1 is 1.10 bits per heavy atom. The molecule has 1 aliphatic rings. The third-order valence-corrected chi connectivity index (χ3v) is 4.97. The summed E-state index contributed by atoms with van der Waals surface area (Å²) in [7, 11) is 1.83. The molecule has 0 radical (unpaired) electrons. The van der Waals surface area contributed by atoms with Gasteiger partial charge in [0, 0.05) is 52.1 Å². The van der Waals surface area contributed by atoms with Crippen LogP contribution in [0.15, 0.2) is 59.6 Å². The molecule has 1 aliphatic heterocycles. The summed E-state index contributed by atoms with van der Waals surface area (Å²) in [6.07, 6.45) is 3.13. The average molecular weight is 395 g/mol. The lowest BCUT2D eigenvalue weighted by Crippen LogP contribution is -2.47. The molecule has 1 heterocycles. The minimum absolute atomic E-state index is 0.0545. The fourth-order valence-electron chi connectivity index (χ4n) is 3.49. The molecule has 6 nitrogen and oxygen atoms in total. The molecule has 1 amide bonds. The van der Waals surface area contributed by atoms with Gasteiger partial charge in [-0.3, -0.25) is 9.79 Å². The van der Waals surface area contributed by atoms with Gasteiger partial charge in [-0.2, -0.15) is 0 Å². The van der Waals surface area contributed by atoms with Crippen molar-refractivity contribution in [2.24, 2.45) is 4.99 Å². The molecule has 1 fully saturated rings. The third-order valence-electron chi connectivity index (χ3n) is 4.97. The average Bonchev–Trinajstić information content (AvgIpc) is 2.74. The van der Waals surface area contributed by atoms with Crippen LogP contribution in [0, 0.1) is 0 Å². The Morgan fingerprint density at radius 2 is 1.79 bits per heavy atom. The van der Waals surface area contributed by atoms with Crippen molar-refractivity contribution in [1.29, 1.82) is 0 Å². The van der Waals surface area contributed by atoms with E-state index in [2.05, 4.69) is 20.5 Å². The fraction of sp³-hybridized carbons (Fsp3) is 0.391. The highest BCUT2D eigenvalue weighted by Gasteiger charge is 2.22. The second-order valence-electron chi connectivity index (χ2n) is 7.22. The van der Waals surface area contributed by atoms with E-state index in [0.717, 1.165) is 56.3 Å². The minimum atomic E-state index is -0.0545. The number of nitrogens with one attached hydrogen (secondary N) is 2. The van der Waals surface area contributed by atoms with Crippen LogP contribution < -0.4 is 15.4 Å². The molecule has 0 spiro atoms. The molecular weight excluding hydrogens is 364 g/mol. The zero-order valence-electron chi connectivity index (χ0n) is 17.2. The van der Waals surface area contributed by atoms with Gasteiger partial charge < -0.3 is 20.3 Å². The van der Waals surface area contributed by atoms with Gasteiger partial charge in [-0.15, -0.1) is 0 Å². The Labute approximate surface area is 173 Å². The van der Waals surface area contributed by atoms with Gasteiger partial charge in [0.25, 0.3) is 0 Å². The zero-order chi connectivity index (χ0) is 20.5. The van der Waals surface area contributed by atoms with Gasteiger partial charge in [0.05, 0.1) is 0 Å². The number of rotatable bonds is 6. The summed E-state index contributed by atoms with van der Waals surface area (Å²) >= 11 is 0. The lowest BCUT2D eigenvalue weighted by molar-refractivity contribution is -0.114. The molecule has 3 rings (SSSR count). The van der Waals surface area contributed by atoms with Gasteiger partial charge in [0.1, 0.15) is 11.9 Å². The van der Waals surface area contributed by atoms with Gasteiger partial charge in [-0.05, 0) is 36.2 Å². The number of ether oxygens (including phenoxy) is 1. The number of guanidine groups is 1. The second-order valence-corrected chi connectivity index (χ2v) is 7.22. The number of nitrogens with zero attached hydrogens (tertiary/aromatic N) is 2. The summed E-state index contributed by atoms with van der Waals surface area (Å²) in [4.78, 5) is 17.8. The molecule has 29 heavy (non-hydrogen) atoms. The molecule has 0 aromatic heterocycles. The van der Waals surface area contributed by atoms with Crippen molar-refractivity contribution in [3.8, 4) is 5.75 Å². The molecule has 1 saturated heterocycles. The summed E-state index contributed by atoms with van der Waals surface area (Å²) in [5.41, 5.74) is 2.04. The minimum Gasteiger partial charge on any atom is -0.490 e. The summed E-state index contributed by atoms with van der Waals surface area (Å²) < 4.78 is 6.08. The van der Waals surface area contributed by atoms with Crippen LogP contribution >= 0.6 is 0 Å². The van der Waals surface area contributed by atoms with E-state index in [0.29, 0.717) is 0 Å². The largest absolute Gasteiger partial charge is 0.490 e. The number of likely N-dealkylation sites (tertiary alicyclic amines) is 1. The molecular formula is C23H30N4O2.